The molecule has 2 heterocycles. The smallest absolute Gasteiger partial charge is 0.246 e. The molecule has 0 saturated carbocycles. The van der Waals surface area contributed by atoms with Gasteiger partial charge in [0.25, 0.3) is 0 Å². The molecule has 1 aromatic rings. The lowest BCUT2D eigenvalue weighted by Gasteiger charge is -2.31. The van der Waals surface area contributed by atoms with E-state index in [0.29, 0.717) is 6.54 Å². The number of piperidine rings is 1. The number of nitrogens with two attached hydrogens (primary N) is 1. The molecule has 3 N–H and O–H groups in total. The highest BCUT2D eigenvalue weighted by atomic mass is 32.2. The Kier molecular flexibility index (Phi) is 4.66. The van der Waals surface area contributed by atoms with Gasteiger partial charge in [-0.05, 0) is 32.9 Å². The summed E-state index contributed by atoms with van der Waals surface area (Å²) in [7, 11) is -3.60. The fraction of sp³-hybridized carbons (Fsp3) is 0.750. The van der Waals surface area contributed by atoms with Crippen LogP contribution < -0.4 is 10.5 Å². The Bertz CT molecular complexity index is 554. The Hall–Kier alpha value is -1.12. The zero-order valence-electron chi connectivity index (χ0n) is 12.0. The lowest BCUT2D eigenvalue weighted by atomic mass is 10.1. The lowest BCUT2D eigenvalue weighted by Crippen LogP contribution is -2.47. The van der Waals surface area contributed by atoms with Crippen LogP contribution in [0.15, 0.2) is 11.1 Å². The van der Waals surface area contributed by atoms with Gasteiger partial charge in [0.1, 0.15) is 4.90 Å². The van der Waals surface area contributed by atoms with Gasteiger partial charge in [-0.1, -0.05) is 6.92 Å². The number of likely N-dealkylation sites (tertiary alicyclic amines) is 1. The molecular formula is C12H23N5O2S. The summed E-state index contributed by atoms with van der Waals surface area (Å²) in [5, 5.41) is 3.98. The molecule has 1 aliphatic heterocycles. The normalized spacial score (nSPS) is 21.2. The first-order valence-electron chi connectivity index (χ1n) is 7.04. The Labute approximate surface area is 120 Å². The molecule has 0 aromatic carbocycles. The lowest BCUT2D eigenvalue weighted by molar-refractivity contribution is 0.211. The largest absolute Gasteiger partial charge is 0.381 e. The maximum Gasteiger partial charge on any atom is 0.246 e. The van der Waals surface area contributed by atoms with Crippen LogP contribution in [0.2, 0.25) is 0 Å². The summed E-state index contributed by atoms with van der Waals surface area (Å²) in [6, 6.07) is -0.0573. The van der Waals surface area contributed by atoms with Crippen molar-refractivity contribution in [2.24, 2.45) is 0 Å². The van der Waals surface area contributed by atoms with Crippen LogP contribution in [0.4, 0.5) is 5.82 Å². The average Bonchev–Trinajstić information content (AvgIpc) is 2.80. The van der Waals surface area contributed by atoms with E-state index in [1.807, 2.05) is 6.92 Å². The third-order valence-corrected chi connectivity index (χ3v) is 5.18. The van der Waals surface area contributed by atoms with E-state index in [2.05, 4.69) is 21.6 Å². The number of hydrogen-bond donors (Lipinski definition) is 2. The number of nitrogen functional groups attached to an aromatic ring is 1. The number of nitrogens with one attached hydrogen (secondary N) is 1. The van der Waals surface area contributed by atoms with Crippen LogP contribution >= 0.6 is 0 Å². The topological polar surface area (TPSA) is 93.2 Å². The van der Waals surface area contributed by atoms with E-state index in [4.69, 9.17) is 5.73 Å². The second-order valence-corrected chi connectivity index (χ2v) is 6.77. The van der Waals surface area contributed by atoms with Crippen molar-refractivity contribution in [2.75, 3.05) is 25.4 Å². The maximum atomic E-state index is 12.4. The molecule has 1 fully saturated rings. The number of aromatic nitrogens is 2. The van der Waals surface area contributed by atoms with Crippen LogP contribution in [0.1, 0.15) is 26.7 Å². The van der Waals surface area contributed by atoms with Crippen molar-refractivity contribution >= 4 is 15.8 Å². The number of hydrogen-bond acceptors (Lipinski definition) is 5. The van der Waals surface area contributed by atoms with Crippen LogP contribution in [0, 0.1) is 0 Å². The maximum absolute atomic E-state index is 12.4. The number of likely N-dealkylation sites (N-methyl/N-ethyl adjacent to an activating group) is 1. The predicted molar refractivity (Wildman–Crippen MR) is 77.8 cm³/mol. The van der Waals surface area contributed by atoms with Crippen molar-refractivity contribution in [2.45, 2.75) is 44.2 Å². The molecule has 114 valence electrons. The minimum atomic E-state index is -3.60. The monoisotopic (exact) mass is 301 g/mol. The molecule has 0 amide bonds. The Morgan fingerprint density at radius 3 is 2.80 bits per heavy atom. The highest BCUT2D eigenvalue weighted by Gasteiger charge is 2.27. The minimum absolute atomic E-state index is 0.0573. The van der Waals surface area contributed by atoms with Crippen LogP contribution in [0.5, 0.6) is 0 Å². The second kappa shape index (κ2) is 6.11. The zero-order chi connectivity index (χ0) is 14.8. The first-order valence-corrected chi connectivity index (χ1v) is 8.52. The molecular weight excluding hydrogens is 278 g/mol. The van der Waals surface area contributed by atoms with E-state index in [-0.39, 0.29) is 16.8 Å². The SMILES string of the molecule is CCN1CCCC(NS(=O)(=O)c2cn(CC)nc2N)C1. The van der Waals surface area contributed by atoms with E-state index in [1.165, 1.54) is 10.9 Å². The van der Waals surface area contributed by atoms with Gasteiger partial charge in [0.2, 0.25) is 10.0 Å². The van der Waals surface area contributed by atoms with Crippen LogP contribution in [0.3, 0.4) is 0 Å². The van der Waals surface area contributed by atoms with Crippen LogP contribution in [0.25, 0.3) is 0 Å². The Morgan fingerprint density at radius 2 is 2.20 bits per heavy atom. The van der Waals surface area contributed by atoms with Crippen molar-refractivity contribution in [1.82, 2.24) is 19.4 Å². The van der Waals surface area contributed by atoms with Gasteiger partial charge in [0, 0.05) is 25.3 Å². The van der Waals surface area contributed by atoms with Gasteiger partial charge in [-0.15, -0.1) is 0 Å². The molecule has 20 heavy (non-hydrogen) atoms. The van der Waals surface area contributed by atoms with Gasteiger partial charge in [0.15, 0.2) is 5.82 Å². The van der Waals surface area contributed by atoms with E-state index in [0.717, 1.165) is 32.5 Å². The van der Waals surface area contributed by atoms with E-state index >= 15 is 0 Å². The van der Waals surface area contributed by atoms with E-state index < -0.39 is 10.0 Å². The number of sulfonamides is 1. The molecule has 1 saturated heterocycles. The molecule has 0 bridgehead atoms. The third kappa shape index (κ3) is 3.31. The Balaban J connectivity index is 2.12. The summed E-state index contributed by atoms with van der Waals surface area (Å²) in [6.07, 6.45) is 3.35. The van der Waals surface area contributed by atoms with Crippen molar-refractivity contribution in [1.29, 1.82) is 0 Å². The highest BCUT2D eigenvalue weighted by Crippen LogP contribution is 2.18. The van der Waals surface area contributed by atoms with Crippen molar-refractivity contribution < 1.29 is 8.42 Å². The van der Waals surface area contributed by atoms with E-state index in [1.54, 1.807) is 0 Å². The highest BCUT2D eigenvalue weighted by molar-refractivity contribution is 7.89. The average molecular weight is 301 g/mol. The fourth-order valence-electron chi connectivity index (χ4n) is 2.51. The predicted octanol–water partition coefficient (Wildman–Crippen LogP) is 0.248. The van der Waals surface area contributed by atoms with Gasteiger partial charge >= 0.3 is 0 Å². The van der Waals surface area contributed by atoms with Crippen LogP contribution in [-0.4, -0.2) is 48.8 Å². The third-order valence-electron chi connectivity index (χ3n) is 3.64. The van der Waals surface area contributed by atoms with Gasteiger partial charge < -0.3 is 10.6 Å². The summed E-state index contributed by atoms with van der Waals surface area (Å²) >= 11 is 0. The molecule has 1 aliphatic rings. The van der Waals surface area contributed by atoms with Gasteiger partial charge in [-0.25, -0.2) is 13.1 Å². The summed E-state index contributed by atoms with van der Waals surface area (Å²) < 4.78 is 29.0. The van der Waals surface area contributed by atoms with Crippen molar-refractivity contribution in [3.8, 4) is 0 Å². The standard InChI is InChI=1S/C12H23N5O2S/c1-3-16-7-5-6-10(8-16)15-20(18,19)11-9-17(4-2)14-12(11)13/h9-10,15H,3-8H2,1-2H3,(H2,13,14). The molecule has 7 nitrogen and oxygen atoms in total. The molecule has 0 radical (unpaired) electrons. The molecule has 0 spiro atoms. The summed E-state index contributed by atoms with van der Waals surface area (Å²) in [4.78, 5) is 2.32. The molecule has 2 rings (SSSR count). The van der Waals surface area contributed by atoms with Crippen molar-refractivity contribution in [3.05, 3.63) is 6.20 Å². The zero-order valence-corrected chi connectivity index (χ0v) is 12.9. The minimum Gasteiger partial charge on any atom is -0.381 e. The number of nitrogens with zero attached hydrogens (tertiary/aromatic N) is 3. The quantitative estimate of drug-likeness (QED) is 0.813. The van der Waals surface area contributed by atoms with Crippen LogP contribution in [-0.2, 0) is 16.6 Å². The first-order chi connectivity index (χ1) is 9.46. The van der Waals surface area contributed by atoms with Gasteiger partial charge in [0.05, 0.1) is 0 Å². The summed E-state index contributed by atoms with van der Waals surface area (Å²) in [5.41, 5.74) is 5.70. The number of rotatable bonds is 5. The first kappa shape index (κ1) is 15.3. The molecule has 0 aliphatic carbocycles. The summed E-state index contributed by atoms with van der Waals surface area (Å²) in [6.45, 7) is 7.28. The van der Waals surface area contributed by atoms with Gasteiger partial charge in [-0.3, -0.25) is 4.68 Å². The number of aryl methyl sites for hydroxylation is 1. The van der Waals surface area contributed by atoms with E-state index in [9.17, 15) is 8.42 Å². The molecule has 1 aromatic heterocycles. The molecule has 8 heteroatoms. The van der Waals surface area contributed by atoms with Crippen molar-refractivity contribution in [3.63, 3.8) is 0 Å². The molecule has 1 unspecified atom stereocenters. The second-order valence-electron chi connectivity index (χ2n) is 5.09. The Morgan fingerprint density at radius 1 is 1.45 bits per heavy atom. The molecule has 1 atom stereocenters. The number of anilines is 1. The van der Waals surface area contributed by atoms with Gasteiger partial charge in [-0.2, -0.15) is 5.10 Å². The fourth-order valence-corrected chi connectivity index (χ4v) is 3.84. The summed E-state index contributed by atoms with van der Waals surface area (Å²) in [5.74, 6) is 0.0579.